The van der Waals surface area contributed by atoms with Crippen molar-refractivity contribution in [2.75, 3.05) is 0 Å². The Hall–Kier alpha value is -5.48. The molecule has 0 atom stereocenters. The average Bonchev–Trinajstić information content (AvgIpc) is 3.06. The van der Waals surface area contributed by atoms with E-state index in [1.54, 1.807) is 0 Å². The van der Waals surface area contributed by atoms with Crippen molar-refractivity contribution in [2.45, 2.75) is 27.7 Å². The van der Waals surface area contributed by atoms with Gasteiger partial charge in [-0.2, -0.15) is 0 Å². The SMILES string of the molecule is Cc1ccc2cccnc2c1.Cc1ccc2ncccc2c1.Cc1cccc2cccnc12.Cc1cccc2ncccc12. The molecule has 0 saturated carbocycles. The van der Waals surface area contributed by atoms with Crippen molar-refractivity contribution in [1.82, 2.24) is 19.9 Å². The van der Waals surface area contributed by atoms with Gasteiger partial charge < -0.3 is 0 Å². The van der Waals surface area contributed by atoms with Crippen molar-refractivity contribution in [3.05, 3.63) is 168 Å². The van der Waals surface area contributed by atoms with Crippen LogP contribution in [0, 0.1) is 27.7 Å². The summed E-state index contributed by atoms with van der Waals surface area (Å²) in [5.41, 5.74) is 9.40. The summed E-state index contributed by atoms with van der Waals surface area (Å²) in [5.74, 6) is 0. The third-order valence-electron chi connectivity index (χ3n) is 7.22. The van der Waals surface area contributed by atoms with Gasteiger partial charge in [-0.3, -0.25) is 19.9 Å². The molecule has 0 aliphatic heterocycles. The minimum atomic E-state index is 1.07. The molecule has 4 heteroatoms. The average molecular weight is 573 g/mol. The first-order valence-electron chi connectivity index (χ1n) is 14.7. The Morgan fingerprint density at radius 1 is 0.364 bits per heavy atom. The molecule has 0 bridgehead atoms. The molecule has 4 aromatic heterocycles. The molecule has 0 aliphatic carbocycles. The Balaban J connectivity index is 0.000000116. The van der Waals surface area contributed by atoms with Crippen LogP contribution in [0.25, 0.3) is 43.6 Å². The molecule has 4 heterocycles. The van der Waals surface area contributed by atoms with E-state index in [0.717, 1.165) is 22.1 Å². The molecule has 4 aromatic carbocycles. The number of nitrogens with zero attached hydrogens (tertiary/aromatic N) is 4. The molecule has 0 aliphatic rings. The van der Waals surface area contributed by atoms with E-state index in [9.17, 15) is 0 Å². The molecule has 0 radical (unpaired) electrons. The number of aromatic nitrogens is 4. The number of benzene rings is 4. The quantitative estimate of drug-likeness (QED) is 0.181. The van der Waals surface area contributed by atoms with Crippen LogP contribution >= 0.6 is 0 Å². The van der Waals surface area contributed by atoms with Crippen LogP contribution in [0.15, 0.2) is 146 Å². The smallest absolute Gasteiger partial charge is 0.0731 e. The predicted octanol–water partition coefficient (Wildman–Crippen LogP) is 10.2. The Kier molecular flexibility index (Phi) is 9.96. The zero-order valence-corrected chi connectivity index (χ0v) is 25.6. The maximum atomic E-state index is 4.28. The summed E-state index contributed by atoms with van der Waals surface area (Å²) < 4.78 is 0. The monoisotopic (exact) mass is 572 g/mol. The second kappa shape index (κ2) is 14.6. The number of hydrogen-bond donors (Lipinski definition) is 0. The van der Waals surface area contributed by atoms with Gasteiger partial charge in [-0.05, 0) is 92.9 Å². The van der Waals surface area contributed by atoms with Crippen LogP contribution in [0.5, 0.6) is 0 Å². The molecule has 0 spiro atoms. The van der Waals surface area contributed by atoms with Gasteiger partial charge in [0.2, 0.25) is 0 Å². The van der Waals surface area contributed by atoms with E-state index < -0.39 is 0 Å². The predicted molar refractivity (Wildman–Crippen MR) is 186 cm³/mol. The van der Waals surface area contributed by atoms with Crippen molar-refractivity contribution >= 4 is 43.6 Å². The van der Waals surface area contributed by atoms with Crippen molar-refractivity contribution in [3.8, 4) is 0 Å². The molecule has 0 unspecified atom stereocenters. The molecule has 8 rings (SSSR count). The lowest BCUT2D eigenvalue weighted by atomic mass is 10.1. The van der Waals surface area contributed by atoms with Crippen molar-refractivity contribution in [3.63, 3.8) is 0 Å². The Labute approximate surface area is 259 Å². The highest BCUT2D eigenvalue weighted by Crippen LogP contribution is 2.16. The third kappa shape index (κ3) is 7.87. The molecular weight excluding hydrogens is 536 g/mol. The number of rotatable bonds is 0. The van der Waals surface area contributed by atoms with Gasteiger partial charge in [0, 0.05) is 46.3 Å². The van der Waals surface area contributed by atoms with Gasteiger partial charge >= 0.3 is 0 Å². The van der Waals surface area contributed by atoms with Crippen LogP contribution in [0.2, 0.25) is 0 Å². The summed E-state index contributed by atoms with van der Waals surface area (Å²) in [6.45, 7) is 8.35. The minimum Gasteiger partial charge on any atom is -0.256 e. The fourth-order valence-electron chi connectivity index (χ4n) is 4.89. The summed E-state index contributed by atoms with van der Waals surface area (Å²) in [6.07, 6.45) is 7.29. The molecular formula is C40H36N4. The first kappa shape index (κ1) is 30.0. The molecule has 4 nitrogen and oxygen atoms in total. The molecule has 44 heavy (non-hydrogen) atoms. The van der Waals surface area contributed by atoms with Crippen LogP contribution in [0.3, 0.4) is 0 Å². The lowest BCUT2D eigenvalue weighted by Crippen LogP contribution is -1.80. The highest BCUT2D eigenvalue weighted by Gasteiger charge is 1.95. The van der Waals surface area contributed by atoms with Crippen LogP contribution in [0.1, 0.15) is 22.3 Å². The molecule has 0 saturated heterocycles. The summed E-state index contributed by atoms with van der Waals surface area (Å²) in [5, 5.41) is 4.88. The van der Waals surface area contributed by atoms with Crippen LogP contribution < -0.4 is 0 Å². The Bertz CT molecular complexity index is 1960. The van der Waals surface area contributed by atoms with E-state index in [0.29, 0.717) is 0 Å². The van der Waals surface area contributed by atoms with E-state index in [-0.39, 0.29) is 0 Å². The van der Waals surface area contributed by atoms with E-state index in [2.05, 4.69) is 126 Å². The maximum absolute atomic E-state index is 4.28. The van der Waals surface area contributed by atoms with Gasteiger partial charge in [-0.1, -0.05) is 78.4 Å². The second-order valence-electron chi connectivity index (χ2n) is 10.7. The summed E-state index contributed by atoms with van der Waals surface area (Å²) in [4.78, 5) is 17.0. The van der Waals surface area contributed by atoms with Gasteiger partial charge in [0.15, 0.2) is 0 Å². The largest absolute Gasteiger partial charge is 0.256 e. The third-order valence-corrected chi connectivity index (χ3v) is 7.22. The molecule has 216 valence electrons. The highest BCUT2D eigenvalue weighted by molar-refractivity contribution is 5.82. The number of pyridine rings is 4. The first-order valence-corrected chi connectivity index (χ1v) is 14.7. The summed E-state index contributed by atoms with van der Waals surface area (Å²) >= 11 is 0. The van der Waals surface area contributed by atoms with Crippen molar-refractivity contribution in [2.24, 2.45) is 0 Å². The van der Waals surface area contributed by atoms with Crippen LogP contribution in [0.4, 0.5) is 0 Å². The standard InChI is InChI=1S/4C10H9N/c1-8-4-2-6-10-9(8)5-3-7-11-10;1-8-4-2-5-9-6-3-7-11-10(8)9;1-8-4-5-10-9(7-8)3-2-6-11-10;1-8-4-5-9-3-2-6-11-10(9)7-8/h4*2-7H,1H3. The highest BCUT2D eigenvalue weighted by atomic mass is 14.7. The number of para-hydroxylation sites is 1. The molecule has 0 fully saturated rings. The fourth-order valence-corrected chi connectivity index (χ4v) is 4.89. The molecule has 0 amide bonds. The first-order chi connectivity index (χ1) is 21.5. The number of aryl methyl sites for hydroxylation is 4. The van der Waals surface area contributed by atoms with Crippen LogP contribution in [-0.4, -0.2) is 19.9 Å². The normalized spacial score (nSPS) is 10.3. The van der Waals surface area contributed by atoms with E-state index in [1.807, 2.05) is 67.3 Å². The fraction of sp³-hybridized carbons (Fsp3) is 0.100. The van der Waals surface area contributed by atoms with Crippen LogP contribution in [-0.2, 0) is 0 Å². The molecule has 8 aromatic rings. The lowest BCUT2D eigenvalue weighted by Gasteiger charge is -1.97. The van der Waals surface area contributed by atoms with Crippen molar-refractivity contribution in [1.29, 1.82) is 0 Å². The zero-order chi connectivity index (χ0) is 30.7. The van der Waals surface area contributed by atoms with E-state index in [1.165, 1.54) is 43.8 Å². The second-order valence-corrected chi connectivity index (χ2v) is 10.7. The maximum Gasteiger partial charge on any atom is 0.0731 e. The zero-order valence-electron chi connectivity index (χ0n) is 25.6. The molecule has 0 N–H and O–H groups in total. The van der Waals surface area contributed by atoms with Gasteiger partial charge in [0.25, 0.3) is 0 Å². The summed E-state index contributed by atoms with van der Waals surface area (Å²) in [6, 6.07) is 41.1. The van der Waals surface area contributed by atoms with Gasteiger partial charge in [-0.25, -0.2) is 0 Å². The van der Waals surface area contributed by atoms with Crippen molar-refractivity contribution < 1.29 is 0 Å². The van der Waals surface area contributed by atoms with Gasteiger partial charge in [0.05, 0.1) is 22.1 Å². The van der Waals surface area contributed by atoms with E-state index >= 15 is 0 Å². The summed E-state index contributed by atoms with van der Waals surface area (Å²) in [7, 11) is 0. The van der Waals surface area contributed by atoms with Gasteiger partial charge in [-0.15, -0.1) is 0 Å². The minimum absolute atomic E-state index is 1.07. The number of fused-ring (bicyclic) bond motifs is 4. The topological polar surface area (TPSA) is 51.6 Å². The lowest BCUT2D eigenvalue weighted by molar-refractivity contribution is 1.37. The number of hydrogen-bond acceptors (Lipinski definition) is 4. The van der Waals surface area contributed by atoms with Gasteiger partial charge in [0.1, 0.15) is 0 Å². The Morgan fingerprint density at radius 3 is 1.70 bits per heavy atom. The Morgan fingerprint density at radius 2 is 0.932 bits per heavy atom. The van der Waals surface area contributed by atoms with E-state index in [4.69, 9.17) is 0 Å².